The number of carbonyl (C=O) groups is 1. The Kier molecular flexibility index (Phi) is 10.6. The molecule has 0 aromatic carbocycles. The normalized spacial score (nSPS) is 30.1. The van der Waals surface area contributed by atoms with Gasteiger partial charge >= 0.3 is 38.8 Å². The van der Waals surface area contributed by atoms with Crippen LogP contribution in [-0.4, -0.2) is 101 Å². The maximum atomic E-state index is 14.7. The van der Waals surface area contributed by atoms with Crippen LogP contribution in [0.2, 0.25) is 26.2 Å². The zero-order valence-corrected chi connectivity index (χ0v) is 25.0. The van der Waals surface area contributed by atoms with Crippen molar-refractivity contribution in [1.29, 1.82) is 0 Å². The van der Waals surface area contributed by atoms with E-state index in [1.54, 1.807) is 6.55 Å². The third-order valence-corrected chi connectivity index (χ3v) is 19.9. The molecule has 1 amide bonds. The Morgan fingerprint density at radius 3 is 1.81 bits per heavy atom. The van der Waals surface area contributed by atoms with Gasteiger partial charge in [0.2, 0.25) is 0 Å². The van der Waals surface area contributed by atoms with E-state index in [2.05, 4.69) is 4.74 Å². The summed E-state index contributed by atoms with van der Waals surface area (Å²) in [6.07, 6.45) is -22.1. The molecule has 0 radical (unpaired) electrons. The van der Waals surface area contributed by atoms with E-state index >= 15 is 0 Å². The standard InChI is InChI=1S/C12H22F11NO7Si5/c1-24(6-36(5)30-34(3)28-32-27-33(2)29-35(4)31-36)7(25)8(13,10(16,17)18)26-12(22,23)9(14,15)11(19,20)21/h33-35H,6,32H2,1-5H3. The molecule has 0 spiro atoms. The van der Waals surface area contributed by atoms with E-state index in [-0.39, 0.29) is 4.90 Å². The van der Waals surface area contributed by atoms with Crippen molar-refractivity contribution in [3.63, 3.8) is 0 Å². The number of ether oxygens (including phenoxy) is 1. The third-order valence-electron chi connectivity index (χ3n) is 4.32. The molecule has 36 heavy (non-hydrogen) atoms. The second-order valence-electron chi connectivity index (χ2n) is 7.60. The summed E-state index contributed by atoms with van der Waals surface area (Å²) in [5, 5.41) is 0. The van der Waals surface area contributed by atoms with E-state index in [4.69, 9.17) is 20.6 Å². The Balaban J connectivity index is 3.31. The fourth-order valence-corrected chi connectivity index (χ4v) is 18.1. The van der Waals surface area contributed by atoms with Gasteiger partial charge in [0.15, 0.2) is 0 Å². The van der Waals surface area contributed by atoms with Crippen molar-refractivity contribution in [3.8, 4) is 0 Å². The van der Waals surface area contributed by atoms with Crippen LogP contribution in [0.3, 0.4) is 0 Å². The van der Waals surface area contributed by atoms with Crippen molar-refractivity contribution < 1.29 is 78.4 Å². The van der Waals surface area contributed by atoms with Gasteiger partial charge < -0.3 is 25.5 Å². The highest BCUT2D eigenvalue weighted by molar-refractivity contribution is 6.79. The third kappa shape index (κ3) is 7.79. The number of nitrogens with zero attached hydrogens (tertiary/aromatic N) is 1. The summed E-state index contributed by atoms with van der Waals surface area (Å²) in [5.41, 5.74) is 0. The lowest BCUT2D eigenvalue weighted by Gasteiger charge is -2.39. The van der Waals surface area contributed by atoms with Crippen molar-refractivity contribution in [3.05, 3.63) is 0 Å². The maximum Gasteiger partial charge on any atom is 0.462 e. The predicted molar refractivity (Wildman–Crippen MR) is 109 cm³/mol. The Labute approximate surface area is 205 Å². The SMILES string of the molecule is CN(C[Si]1(C)O[SiH](C)O[SiH2]O[SiH](C)O[SiH](C)O1)C(=O)C(F)(OC(F)(F)C(F)(F)C(F)(F)F)C(F)(F)F. The molecule has 1 aliphatic rings. The summed E-state index contributed by atoms with van der Waals surface area (Å²) in [4.78, 5) is 12.1. The molecule has 0 N–H and O–H groups in total. The first-order valence-corrected chi connectivity index (χ1v) is 19.6. The van der Waals surface area contributed by atoms with Crippen LogP contribution in [0.25, 0.3) is 0 Å². The van der Waals surface area contributed by atoms with Gasteiger partial charge in [-0.3, -0.25) is 9.53 Å². The van der Waals surface area contributed by atoms with Crippen LogP contribution in [0, 0.1) is 0 Å². The van der Waals surface area contributed by atoms with Gasteiger partial charge in [-0.05, 0) is 26.2 Å². The van der Waals surface area contributed by atoms with Crippen LogP contribution in [0.1, 0.15) is 0 Å². The number of halogens is 11. The van der Waals surface area contributed by atoms with Gasteiger partial charge in [-0.2, -0.15) is 48.3 Å². The summed E-state index contributed by atoms with van der Waals surface area (Å²) in [5.74, 6) is -16.6. The van der Waals surface area contributed by atoms with Crippen LogP contribution in [0.4, 0.5) is 48.3 Å². The van der Waals surface area contributed by atoms with Gasteiger partial charge in [-0.25, -0.2) is 0 Å². The van der Waals surface area contributed by atoms with E-state index in [0.717, 1.165) is 0 Å². The van der Waals surface area contributed by atoms with Gasteiger partial charge in [-0.1, -0.05) is 0 Å². The monoisotopic (exact) mass is 641 g/mol. The molecular formula is C12H22F11NO7Si5. The fraction of sp³-hybridized carbons (Fsp3) is 0.917. The smallest absolute Gasteiger partial charge is 0.423 e. The molecule has 1 aliphatic heterocycles. The van der Waals surface area contributed by atoms with Crippen molar-refractivity contribution in [1.82, 2.24) is 4.90 Å². The van der Waals surface area contributed by atoms with Crippen molar-refractivity contribution >= 4 is 52.3 Å². The minimum Gasteiger partial charge on any atom is -0.423 e. The average molecular weight is 642 g/mol. The van der Waals surface area contributed by atoms with E-state index in [1.807, 2.05) is 0 Å². The first-order valence-electron chi connectivity index (χ1n) is 9.66. The summed E-state index contributed by atoms with van der Waals surface area (Å²) < 4.78 is 175. The fourth-order valence-electron chi connectivity index (χ4n) is 2.78. The molecule has 0 aromatic rings. The molecule has 1 fully saturated rings. The lowest BCUT2D eigenvalue weighted by molar-refractivity contribution is -0.473. The summed E-state index contributed by atoms with van der Waals surface area (Å²) in [6.45, 7) is 5.76. The summed E-state index contributed by atoms with van der Waals surface area (Å²) in [6, 6.07) is 0. The second-order valence-corrected chi connectivity index (χ2v) is 19.5. The van der Waals surface area contributed by atoms with Crippen LogP contribution >= 0.6 is 0 Å². The number of rotatable bonds is 6. The zero-order valence-electron chi connectivity index (χ0n) is 19.1. The molecule has 0 saturated carbocycles. The van der Waals surface area contributed by atoms with Crippen molar-refractivity contribution in [2.45, 2.75) is 56.4 Å². The molecule has 24 heteroatoms. The number of carbonyl (C=O) groups excluding carboxylic acids is 1. The van der Waals surface area contributed by atoms with Gasteiger partial charge in [0.25, 0.3) is 43.8 Å². The Bertz CT molecular complexity index is 781. The lowest BCUT2D eigenvalue weighted by Crippen LogP contribution is -2.65. The Morgan fingerprint density at radius 2 is 1.33 bits per heavy atom. The summed E-state index contributed by atoms with van der Waals surface area (Å²) in [7, 11) is -12.5. The second kappa shape index (κ2) is 11.3. The number of hydrogen-bond acceptors (Lipinski definition) is 7. The highest BCUT2D eigenvalue weighted by Crippen LogP contribution is 2.51. The predicted octanol–water partition coefficient (Wildman–Crippen LogP) is 1.74. The Hall–Kier alpha value is -0.456. The molecule has 0 bridgehead atoms. The van der Waals surface area contributed by atoms with Crippen LogP contribution < -0.4 is 0 Å². The number of alkyl halides is 11. The molecule has 214 valence electrons. The molecular weight excluding hydrogens is 620 g/mol. The van der Waals surface area contributed by atoms with Gasteiger partial charge in [0.05, 0.1) is 6.17 Å². The quantitative estimate of drug-likeness (QED) is 0.323. The van der Waals surface area contributed by atoms with Crippen LogP contribution in [-0.2, 0) is 30.1 Å². The van der Waals surface area contributed by atoms with E-state index in [9.17, 15) is 53.1 Å². The molecule has 0 aromatic heterocycles. The molecule has 1 heterocycles. The topological polar surface area (TPSA) is 75.7 Å². The van der Waals surface area contributed by atoms with Crippen LogP contribution in [0.15, 0.2) is 0 Å². The van der Waals surface area contributed by atoms with Crippen LogP contribution in [0.5, 0.6) is 0 Å². The largest absolute Gasteiger partial charge is 0.462 e. The van der Waals surface area contributed by atoms with Crippen molar-refractivity contribution in [2.75, 3.05) is 13.2 Å². The molecule has 1 rings (SSSR count). The van der Waals surface area contributed by atoms with Gasteiger partial charge in [0.1, 0.15) is 0 Å². The van der Waals surface area contributed by atoms with E-state index < -0.39 is 88.7 Å². The molecule has 8 nitrogen and oxygen atoms in total. The minimum absolute atomic E-state index is 0.204. The molecule has 5 unspecified atom stereocenters. The molecule has 0 aliphatic carbocycles. The number of hydrogen-bond donors (Lipinski definition) is 0. The molecule has 1 saturated heterocycles. The van der Waals surface area contributed by atoms with Crippen molar-refractivity contribution in [2.24, 2.45) is 0 Å². The lowest BCUT2D eigenvalue weighted by atomic mass is 10.2. The molecule has 5 atom stereocenters. The van der Waals surface area contributed by atoms with E-state index in [0.29, 0.717) is 7.05 Å². The maximum absolute atomic E-state index is 14.7. The Morgan fingerprint density at radius 1 is 0.861 bits per heavy atom. The average Bonchev–Trinajstić information content (AvgIpc) is 2.63. The minimum atomic E-state index is -7.28. The zero-order chi connectivity index (χ0) is 28.5. The number of amides is 1. The first kappa shape index (κ1) is 33.6. The number of likely N-dealkylation sites (N-methyl/N-ethyl adjacent to an activating group) is 1. The highest BCUT2D eigenvalue weighted by atomic mass is 28.5. The summed E-state index contributed by atoms with van der Waals surface area (Å²) >= 11 is 0. The van der Waals surface area contributed by atoms with Gasteiger partial charge in [0, 0.05) is 7.05 Å². The van der Waals surface area contributed by atoms with E-state index in [1.165, 1.54) is 19.6 Å². The van der Waals surface area contributed by atoms with Gasteiger partial charge in [-0.15, -0.1) is 0 Å². The highest BCUT2D eigenvalue weighted by Gasteiger charge is 2.80. The first-order chi connectivity index (χ1) is 15.9.